The van der Waals surface area contributed by atoms with Gasteiger partial charge in [0.25, 0.3) is 5.91 Å². The van der Waals surface area contributed by atoms with Crippen molar-refractivity contribution in [1.29, 1.82) is 0 Å². The van der Waals surface area contributed by atoms with Crippen LogP contribution in [0.15, 0.2) is 12.3 Å². The monoisotopic (exact) mass is 354 g/mol. The average Bonchev–Trinajstić information content (AvgIpc) is 2.83. The Balaban J connectivity index is 1.96. The van der Waals surface area contributed by atoms with E-state index in [2.05, 4.69) is 16.9 Å². The van der Waals surface area contributed by atoms with Crippen molar-refractivity contribution in [2.75, 3.05) is 27.2 Å². The van der Waals surface area contributed by atoms with Crippen molar-refractivity contribution in [3.05, 3.63) is 33.7 Å². The first-order chi connectivity index (χ1) is 10.9. The van der Waals surface area contributed by atoms with Gasteiger partial charge < -0.3 is 9.80 Å². The second kappa shape index (κ2) is 6.30. The zero-order valence-electron chi connectivity index (χ0n) is 13.5. The fourth-order valence-corrected chi connectivity index (χ4v) is 3.67. The lowest BCUT2D eigenvalue weighted by Crippen LogP contribution is -2.44. The standard InChI is InChI=1S/C16H20Cl2N4O/c1-10-14(22-9-11(17)8-13(18)15(22)19-10)16(23)21(3)12-4-6-20(2)7-5-12/h8-9,12H,4-7H2,1-3H3. The van der Waals surface area contributed by atoms with Gasteiger partial charge in [-0.25, -0.2) is 4.98 Å². The summed E-state index contributed by atoms with van der Waals surface area (Å²) in [5.41, 5.74) is 1.76. The highest BCUT2D eigenvalue weighted by Gasteiger charge is 2.28. The molecule has 0 atom stereocenters. The molecule has 0 aliphatic carbocycles. The Morgan fingerprint density at radius 3 is 2.65 bits per heavy atom. The third-order valence-electron chi connectivity index (χ3n) is 4.57. The number of aromatic nitrogens is 2. The summed E-state index contributed by atoms with van der Waals surface area (Å²) in [5.74, 6) is -0.0390. The van der Waals surface area contributed by atoms with Gasteiger partial charge in [0, 0.05) is 19.3 Å². The minimum atomic E-state index is -0.0390. The quantitative estimate of drug-likeness (QED) is 0.831. The highest BCUT2D eigenvalue weighted by molar-refractivity contribution is 6.36. The summed E-state index contributed by atoms with van der Waals surface area (Å²) >= 11 is 12.3. The van der Waals surface area contributed by atoms with E-state index in [1.807, 2.05) is 18.9 Å². The average molecular weight is 355 g/mol. The van der Waals surface area contributed by atoms with Gasteiger partial charge in [0.2, 0.25) is 0 Å². The van der Waals surface area contributed by atoms with Crippen molar-refractivity contribution in [3.8, 4) is 0 Å². The number of piperidine rings is 1. The number of aryl methyl sites for hydroxylation is 1. The van der Waals surface area contributed by atoms with Crippen LogP contribution in [0.25, 0.3) is 5.65 Å². The lowest BCUT2D eigenvalue weighted by atomic mass is 10.0. The summed E-state index contributed by atoms with van der Waals surface area (Å²) < 4.78 is 1.70. The van der Waals surface area contributed by atoms with Gasteiger partial charge in [0.05, 0.1) is 15.7 Å². The van der Waals surface area contributed by atoms with Crippen LogP contribution in [0.1, 0.15) is 29.0 Å². The van der Waals surface area contributed by atoms with Crippen molar-refractivity contribution in [3.63, 3.8) is 0 Å². The molecule has 2 aromatic heterocycles. The predicted molar refractivity (Wildman–Crippen MR) is 92.6 cm³/mol. The first-order valence-electron chi connectivity index (χ1n) is 7.68. The van der Waals surface area contributed by atoms with Crippen LogP contribution < -0.4 is 0 Å². The molecular formula is C16H20Cl2N4O. The van der Waals surface area contributed by atoms with Gasteiger partial charge in [-0.1, -0.05) is 23.2 Å². The number of rotatable bonds is 2. The topological polar surface area (TPSA) is 40.9 Å². The summed E-state index contributed by atoms with van der Waals surface area (Å²) in [7, 11) is 3.97. The van der Waals surface area contributed by atoms with Crippen LogP contribution >= 0.6 is 23.2 Å². The Hall–Kier alpha value is -1.30. The van der Waals surface area contributed by atoms with E-state index in [0.717, 1.165) is 25.9 Å². The molecule has 0 N–H and O–H groups in total. The van der Waals surface area contributed by atoms with E-state index in [-0.39, 0.29) is 11.9 Å². The molecule has 0 radical (unpaired) electrons. The molecule has 5 nitrogen and oxygen atoms in total. The maximum absolute atomic E-state index is 13.0. The largest absolute Gasteiger partial charge is 0.337 e. The SMILES string of the molecule is Cc1nc2c(Cl)cc(Cl)cn2c1C(=O)N(C)C1CCN(C)CC1. The van der Waals surface area contributed by atoms with Crippen LogP contribution in [0, 0.1) is 6.92 Å². The molecule has 1 fully saturated rings. The molecule has 0 unspecified atom stereocenters. The van der Waals surface area contributed by atoms with Crippen molar-refractivity contribution < 1.29 is 4.79 Å². The van der Waals surface area contributed by atoms with Crippen molar-refractivity contribution in [2.24, 2.45) is 0 Å². The molecule has 0 aromatic carbocycles. The van der Waals surface area contributed by atoms with E-state index in [4.69, 9.17) is 23.2 Å². The second-order valence-electron chi connectivity index (χ2n) is 6.20. The van der Waals surface area contributed by atoms with Crippen LogP contribution in [0.2, 0.25) is 10.0 Å². The number of halogens is 2. The molecule has 1 saturated heterocycles. The van der Waals surface area contributed by atoms with E-state index in [0.29, 0.717) is 27.1 Å². The maximum Gasteiger partial charge on any atom is 0.272 e. The number of hydrogen-bond acceptors (Lipinski definition) is 3. The first kappa shape index (κ1) is 16.6. The number of hydrogen-bond donors (Lipinski definition) is 0. The Morgan fingerprint density at radius 2 is 2.00 bits per heavy atom. The molecule has 1 aliphatic heterocycles. The summed E-state index contributed by atoms with van der Waals surface area (Å²) in [5, 5.41) is 0.928. The predicted octanol–water partition coefficient (Wildman–Crippen LogP) is 3.12. The maximum atomic E-state index is 13.0. The van der Waals surface area contributed by atoms with E-state index in [1.54, 1.807) is 16.7 Å². The Morgan fingerprint density at radius 1 is 1.35 bits per heavy atom. The molecule has 0 spiro atoms. The minimum Gasteiger partial charge on any atom is -0.337 e. The molecule has 2 aromatic rings. The number of carbonyl (C=O) groups excluding carboxylic acids is 1. The number of imidazole rings is 1. The van der Waals surface area contributed by atoms with Gasteiger partial charge >= 0.3 is 0 Å². The molecule has 1 aliphatic rings. The zero-order chi connectivity index (χ0) is 16.7. The van der Waals surface area contributed by atoms with Gasteiger partial charge in [-0.15, -0.1) is 0 Å². The third-order valence-corrected chi connectivity index (χ3v) is 5.06. The summed E-state index contributed by atoms with van der Waals surface area (Å²) in [4.78, 5) is 21.6. The lowest BCUT2D eigenvalue weighted by molar-refractivity contribution is 0.0652. The van der Waals surface area contributed by atoms with Crippen LogP contribution in [0.5, 0.6) is 0 Å². The Bertz CT molecular complexity index is 750. The van der Waals surface area contributed by atoms with Crippen molar-refractivity contribution in [1.82, 2.24) is 19.2 Å². The molecule has 23 heavy (non-hydrogen) atoms. The lowest BCUT2D eigenvalue weighted by Gasteiger charge is -2.35. The second-order valence-corrected chi connectivity index (χ2v) is 7.04. The Kier molecular flexibility index (Phi) is 4.54. The number of fused-ring (bicyclic) bond motifs is 1. The van der Waals surface area contributed by atoms with Crippen LogP contribution in [0.3, 0.4) is 0 Å². The van der Waals surface area contributed by atoms with Gasteiger partial charge in [0.1, 0.15) is 5.69 Å². The van der Waals surface area contributed by atoms with Gasteiger partial charge in [-0.2, -0.15) is 0 Å². The van der Waals surface area contributed by atoms with Crippen LogP contribution in [-0.4, -0.2) is 58.3 Å². The van der Waals surface area contributed by atoms with E-state index < -0.39 is 0 Å². The van der Waals surface area contributed by atoms with Crippen molar-refractivity contribution >= 4 is 34.8 Å². The Labute approximate surface area is 145 Å². The van der Waals surface area contributed by atoms with Gasteiger partial charge in [-0.3, -0.25) is 9.20 Å². The first-order valence-corrected chi connectivity index (χ1v) is 8.43. The highest BCUT2D eigenvalue weighted by Crippen LogP contribution is 2.26. The van der Waals surface area contributed by atoms with Crippen LogP contribution in [0.4, 0.5) is 0 Å². The van der Waals surface area contributed by atoms with Crippen LogP contribution in [-0.2, 0) is 0 Å². The zero-order valence-corrected chi connectivity index (χ0v) is 15.0. The molecule has 1 amide bonds. The molecule has 124 valence electrons. The minimum absolute atomic E-state index is 0.0390. The molecular weight excluding hydrogens is 335 g/mol. The fraction of sp³-hybridized carbons (Fsp3) is 0.500. The number of nitrogens with zero attached hydrogens (tertiary/aromatic N) is 4. The van der Waals surface area contributed by atoms with E-state index in [9.17, 15) is 4.79 Å². The van der Waals surface area contributed by atoms with Gasteiger partial charge in [0.15, 0.2) is 5.65 Å². The van der Waals surface area contributed by atoms with Crippen molar-refractivity contribution in [2.45, 2.75) is 25.8 Å². The molecule has 3 rings (SSSR count). The number of amides is 1. The summed E-state index contributed by atoms with van der Waals surface area (Å²) in [6.45, 7) is 3.84. The van der Waals surface area contributed by atoms with E-state index >= 15 is 0 Å². The normalized spacial score (nSPS) is 16.9. The number of pyridine rings is 1. The number of likely N-dealkylation sites (tertiary alicyclic amines) is 1. The van der Waals surface area contributed by atoms with E-state index in [1.165, 1.54) is 0 Å². The third kappa shape index (κ3) is 3.05. The molecule has 7 heteroatoms. The van der Waals surface area contributed by atoms with Gasteiger partial charge in [-0.05, 0) is 46.0 Å². The molecule has 3 heterocycles. The number of carbonyl (C=O) groups is 1. The molecule has 0 saturated carbocycles. The summed E-state index contributed by atoms with van der Waals surface area (Å²) in [6, 6.07) is 1.89. The highest BCUT2D eigenvalue weighted by atomic mass is 35.5. The summed E-state index contributed by atoms with van der Waals surface area (Å²) in [6.07, 6.45) is 3.66. The molecule has 0 bridgehead atoms. The fourth-order valence-electron chi connectivity index (χ4n) is 3.16. The smallest absolute Gasteiger partial charge is 0.272 e.